The molecule has 0 spiro atoms. The average Bonchev–Trinajstić information content (AvgIpc) is 2.25. The molecule has 0 aromatic rings. The molecule has 0 aromatic heterocycles. The third-order valence-electron chi connectivity index (χ3n) is 2.66. The number of carbonyl (C=O) groups is 1. The first-order valence-corrected chi connectivity index (χ1v) is 7.22. The van der Waals surface area contributed by atoms with Gasteiger partial charge in [0.2, 0.25) is 5.91 Å². The predicted molar refractivity (Wildman–Crippen MR) is 62.9 cm³/mol. The molecule has 16 heavy (non-hydrogen) atoms. The maximum absolute atomic E-state index is 11.5. The van der Waals surface area contributed by atoms with Crippen LogP contribution in [0.4, 0.5) is 0 Å². The van der Waals surface area contributed by atoms with Crippen LogP contribution in [-0.2, 0) is 14.6 Å². The van der Waals surface area contributed by atoms with Gasteiger partial charge >= 0.3 is 0 Å². The topological polar surface area (TPSA) is 75.3 Å². The van der Waals surface area contributed by atoms with E-state index < -0.39 is 21.0 Å². The highest BCUT2D eigenvalue weighted by molar-refractivity contribution is 7.92. The second kappa shape index (κ2) is 5.45. The van der Waals surface area contributed by atoms with Crippen LogP contribution in [-0.4, -0.2) is 45.5 Å². The Labute approximate surface area is 96.2 Å². The third-order valence-corrected chi connectivity index (χ3v) is 4.16. The maximum atomic E-state index is 11.5. The van der Waals surface area contributed by atoms with Crippen LogP contribution in [0.15, 0.2) is 11.6 Å². The molecule has 0 saturated carbocycles. The molecule has 1 aliphatic heterocycles. The van der Waals surface area contributed by atoms with Crippen LogP contribution >= 0.6 is 0 Å². The largest absolute Gasteiger partial charge is 0.351 e. The van der Waals surface area contributed by atoms with Crippen molar-refractivity contribution in [1.82, 2.24) is 10.6 Å². The molecule has 0 radical (unpaired) electrons. The summed E-state index contributed by atoms with van der Waals surface area (Å²) in [5, 5.41) is 4.83. The van der Waals surface area contributed by atoms with Gasteiger partial charge in [-0.2, -0.15) is 0 Å². The zero-order valence-corrected chi connectivity index (χ0v) is 10.4. The number of hydrogen-bond donors (Lipinski definition) is 2. The smallest absolute Gasteiger partial charge is 0.238 e. The summed E-state index contributed by atoms with van der Waals surface area (Å²) in [5.41, 5.74) is 1.15. The van der Waals surface area contributed by atoms with E-state index in [2.05, 4.69) is 10.6 Å². The number of nitrogens with one attached hydrogen (secondary N) is 2. The Hall–Kier alpha value is -0.880. The van der Waals surface area contributed by atoms with Gasteiger partial charge < -0.3 is 10.6 Å². The van der Waals surface area contributed by atoms with Crippen molar-refractivity contribution in [3.8, 4) is 0 Å². The molecule has 1 heterocycles. The van der Waals surface area contributed by atoms with Crippen molar-refractivity contribution in [2.24, 2.45) is 0 Å². The summed E-state index contributed by atoms with van der Waals surface area (Å²) in [5.74, 6) is -0.429. The summed E-state index contributed by atoms with van der Waals surface area (Å²) in [7, 11) is -3.30. The summed E-state index contributed by atoms with van der Waals surface area (Å²) in [6.07, 6.45) is 3.99. The Morgan fingerprint density at radius 1 is 1.62 bits per heavy atom. The minimum atomic E-state index is -3.30. The fourth-order valence-electron chi connectivity index (χ4n) is 1.37. The van der Waals surface area contributed by atoms with E-state index in [-0.39, 0.29) is 0 Å². The van der Waals surface area contributed by atoms with Crippen molar-refractivity contribution < 1.29 is 13.2 Å². The molecule has 1 amide bonds. The fourth-order valence-corrected chi connectivity index (χ4v) is 1.84. The van der Waals surface area contributed by atoms with E-state index in [4.69, 9.17) is 0 Å². The van der Waals surface area contributed by atoms with Crippen LogP contribution in [0.5, 0.6) is 0 Å². The Bertz CT molecular complexity index is 387. The summed E-state index contributed by atoms with van der Waals surface area (Å²) in [4.78, 5) is 11.5. The molecular weight excluding hydrogens is 228 g/mol. The first kappa shape index (κ1) is 13.2. The average molecular weight is 246 g/mol. The van der Waals surface area contributed by atoms with Crippen LogP contribution in [0, 0.1) is 0 Å². The minimum Gasteiger partial charge on any atom is -0.351 e. The van der Waals surface area contributed by atoms with Crippen molar-refractivity contribution in [3.05, 3.63) is 11.6 Å². The molecular formula is C10H18N2O3S. The lowest BCUT2D eigenvalue weighted by Crippen LogP contribution is -2.39. The Kier molecular flexibility index (Phi) is 4.49. The molecule has 92 valence electrons. The summed E-state index contributed by atoms with van der Waals surface area (Å²) < 4.78 is 22.3. The normalized spacial score (nSPS) is 18.8. The zero-order valence-electron chi connectivity index (χ0n) is 9.62. The third kappa shape index (κ3) is 3.94. The number of rotatable bonds is 4. The van der Waals surface area contributed by atoms with Crippen LogP contribution < -0.4 is 10.6 Å². The minimum absolute atomic E-state index is 0.429. The van der Waals surface area contributed by atoms with Gasteiger partial charge in [-0.1, -0.05) is 11.6 Å². The molecule has 0 aliphatic carbocycles. The van der Waals surface area contributed by atoms with Crippen LogP contribution in [0.25, 0.3) is 0 Å². The van der Waals surface area contributed by atoms with Gasteiger partial charge in [0.1, 0.15) is 5.25 Å². The van der Waals surface area contributed by atoms with E-state index >= 15 is 0 Å². The second-order valence-corrected chi connectivity index (χ2v) is 6.37. The molecule has 1 rings (SSSR count). The van der Waals surface area contributed by atoms with Gasteiger partial charge in [-0.05, 0) is 19.9 Å². The highest BCUT2D eigenvalue weighted by atomic mass is 32.2. The standard InChI is InChI=1S/C10H18N2O3S/c1-8(16(2,14)15)10(13)12-7-9-3-5-11-6-4-9/h3,8,11H,4-7H2,1-2H3,(H,12,13). The van der Waals surface area contributed by atoms with E-state index in [1.54, 1.807) is 0 Å². The molecule has 0 aromatic carbocycles. The Morgan fingerprint density at radius 2 is 2.31 bits per heavy atom. The summed E-state index contributed by atoms with van der Waals surface area (Å²) >= 11 is 0. The summed E-state index contributed by atoms with van der Waals surface area (Å²) in [6, 6.07) is 0. The molecule has 1 unspecified atom stereocenters. The lowest BCUT2D eigenvalue weighted by atomic mass is 10.1. The second-order valence-electron chi connectivity index (χ2n) is 4.01. The highest BCUT2D eigenvalue weighted by Crippen LogP contribution is 2.03. The first-order valence-electron chi connectivity index (χ1n) is 5.26. The molecule has 1 atom stereocenters. The Balaban J connectivity index is 2.43. The first-order chi connectivity index (χ1) is 7.41. The van der Waals surface area contributed by atoms with Gasteiger partial charge in [-0.25, -0.2) is 8.42 Å². The van der Waals surface area contributed by atoms with E-state index in [0.717, 1.165) is 31.3 Å². The number of hydrogen-bond acceptors (Lipinski definition) is 4. The molecule has 0 saturated heterocycles. The molecule has 2 N–H and O–H groups in total. The van der Waals surface area contributed by atoms with E-state index in [9.17, 15) is 13.2 Å². The molecule has 1 aliphatic rings. The van der Waals surface area contributed by atoms with E-state index in [1.807, 2.05) is 6.08 Å². The molecule has 5 nitrogen and oxygen atoms in total. The molecule has 6 heteroatoms. The van der Waals surface area contributed by atoms with Gasteiger partial charge in [-0.3, -0.25) is 4.79 Å². The molecule has 0 bridgehead atoms. The SMILES string of the molecule is CC(C(=O)NCC1=CCNCC1)S(C)(=O)=O. The van der Waals surface area contributed by atoms with E-state index in [0.29, 0.717) is 6.54 Å². The predicted octanol–water partition coefficient (Wildman–Crippen LogP) is -0.545. The Morgan fingerprint density at radius 3 is 2.81 bits per heavy atom. The molecule has 0 fully saturated rings. The van der Waals surface area contributed by atoms with Crippen molar-refractivity contribution in [2.75, 3.05) is 25.9 Å². The van der Waals surface area contributed by atoms with Crippen molar-refractivity contribution in [1.29, 1.82) is 0 Å². The van der Waals surface area contributed by atoms with E-state index in [1.165, 1.54) is 6.92 Å². The highest BCUT2D eigenvalue weighted by Gasteiger charge is 2.23. The van der Waals surface area contributed by atoms with Gasteiger partial charge in [0, 0.05) is 19.3 Å². The number of amides is 1. The number of carbonyl (C=O) groups excluding carboxylic acids is 1. The van der Waals surface area contributed by atoms with Crippen molar-refractivity contribution >= 4 is 15.7 Å². The quantitative estimate of drug-likeness (QED) is 0.653. The fraction of sp³-hybridized carbons (Fsp3) is 0.700. The zero-order chi connectivity index (χ0) is 12.2. The summed E-state index contributed by atoms with van der Waals surface area (Å²) in [6.45, 7) is 3.57. The van der Waals surface area contributed by atoms with Gasteiger partial charge in [-0.15, -0.1) is 0 Å². The van der Waals surface area contributed by atoms with Crippen molar-refractivity contribution in [3.63, 3.8) is 0 Å². The number of sulfone groups is 1. The van der Waals surface area contributed by atoms with Gasteiger partial charge in [0.25, 0.3) is 0 Å². The maximum Gasteiger partial charge on any atom is 0.238 e. The monoisotopic (exact) mass is 246 g/mol. The lowest BCUT2D eigenvalue weighted by molar-refractivity contribution is -0.120. The lowest BCUT2D eigenvalue weighted by Gasteiger charge is -2.16. The van der Waals surface area contributed by atoms with Gasteiger partial charge in [0.05, 0.1) is 0 Å². The van der Waals surface area contributed by atoms with Crippen LogP contribution in [0.2, 0.25) is 0 Å². The van der Waals surface area contributed by atoms with Gasteiger partial charge in [0.15, 0.2) is 9.84 Å². The van der Waals surface area contributed by atoms with Crippen LogP contribution in [0.3, 0.4) is 0 Å². The van der Waals surface area contributed by atoms with Crippen molar-refractivity contribution in [2.45, 2.75) is 18.6 Å². The van der Waals surface area contributed by atoms with Crippen LogP contribution in [0.1, 0.15) is 13.3 Å².